The summed E-state index contributed by atoms with van der Waals surface area (Å²) in [7, 11) is -3.52. The molecule has 7 nitrogen and oxygen atoms in total. The second kappa shape index (κ2) is 8.25. The van der Waals surface area contributed by atoms with Crippen LogP contribution in [0.5, 0.6) is 0 Å². The Hall–Kier alpha value is -1.93. The first kappa shape index (κ1) is 18.4. The van der Waals surface area contributed by atoms with Gasteiger partial charge in [-0.05, 0) is 32.4 Å². The molecule has 1 heterocycles. The van der Waals surface area contributed by atoms with E-state index in [0.717, 1.165) is 0 Å². The molecule has 1 aliphatic heterocycles. The molecular weight excluding hydrogens is 332 g/mol. The fourth-order valence-corrected chi connectivity index (χ4v) is 3.43. The number of rotatable bonds is 8. The lowest BCUT2D eigenvalue weighted by Crippen LogP contribution is -2.22. The molecule has 132 valence electrons. The molecule has 0 aromatic heterocycles. The number of sulfonamides is 1. The van der Waals surface area contributed by atoms with Gasteiger partial charge in [0.15, 0.2) is 0 Å². The molecule has 1 aromatic carbocycles. The molecular formula is C16H22N2O5S. The highest BCUT2D eigenvalue weighted by Gasteiger charge is 2.29. The maximum Gasteiger partial charge on any atom is 0.305 e. The highest BCUT2D eigenvalue weighted by Crippen LogP contribution is 2.22. The van der Waals surface area contributed by atoms with Crippen molar-refractivity contribution in [1.82, 2.24) is 4.72 Å². The second-order valence-corrected chi connectivity index (χ2v) is 7.23. The number of carbonyl (C=O) groups is 1. The Morgan fingerprint density at radius 3 is 2.75 bits per heavy atom. The lowest BCUT2D eigenvalue weighted by Gasteiger charge is -2.08. The van der Waals surface area contributed by atoms with Crippen LogP contribution < -0.4 is 4.72 Å². The number of benzene rings is 1. The van der Waals surface area contributed by atoms with Crippen LogP contribution in [0.25, 0.3) is 0 Å². The SMILES string of the molecule is CC(C)OCCOC(=O)CCCN=C1NS(=O)(=O)c2ccccc21. The lowest BCUT2D eigenvalue weighted by molar-refractivity contribution is -0.145. The van der Waals surface area contributed by atoms with E-state index in [1.54, 1.807) is 18.2 Å². The summed E-state index contributed by atoms with van der Waals surface area (Å²) in [4.78, 5) is 16.0. The molecule has 0 saturated carbocycles. The fourth-order valence-electron chi connectivity index (χ4n) is 2.18. The Labute approximate surface area is 142 Å². The van der Waals surface area contributed by atoms with Gasteiger partial charge in [0.2, 0.25) is 0 Å². The smallest absolute Gasteiger partial charge is 0.305 e. The lowest BCUT2D eigenvalue weighted by atomic mass is 10.2. The molecule has 0 bridgehead atoms. The summed E-state index contributed by atoms with van der Waals surface area (Å²) in [6, 6.07) is 6.67. The second-order valence-electron chi connectivity index (χ2n) is 5.58. The Morgan fingerprint density at radius 2 is 2.00 bits per heavy atom. The molecule has 0 aliphatic carbocycles. The number of nitrogens with zero attached hydrogens (tertiary/aromatic N) is 1. The molecule has 0 spiro atoms. The third-order valence-electron chi connectivity index (χ3n) is 3.27. The minimum absolute atomic E-state index is 0.109. The summed E-state index contributed by atoms with van der Waals surface area (Å²) in [5.74, 6) is 0.0132. The zero-order chi connectivity index (χ0) is 17.6. The molecule has 0 atom stereocenters. The maximum atomic E-state index is 11.9. The molecule has 0 fully saturated rings. The van der Waals surface area contributed by atoms with Gasteiger partial charge in [0.25, 0.3) is 10.0 Å². The average Bonchev–Trinajstić information content (AvgIpc) is 2.79. The Bertz CT molecular complexity index is 713. The number of ether oxygens (including phenoxy) is 2. The van der Waals surface area contributed by atoms with Crippen LogP contribution in [0, 0.1) is 0 Å². The Balaban J connectivity index is 1.76. The van der Waals surface area contributed by atoms with Gasteiger partial charge in [-0.3, -0.25) is 14.5 Å². The zero-order valence-electron chi connectivity index (χ0n) is 13.8. The van der Waals surface area contributed by atoms with Gasteiger partial charge in [-0.2, -0.15) is 0 Å². The highest BCUT2D eigenvalue weighted by molar-refractivity contribution is 7.90. The van der Waals surface area contributed by atoms with E-state index in [4.69, 9.17) is 9.47 Å². The number of amidine groups is 1. The summed E-state index contributed by atoms with van der Waals surface area (Å²) >= 11 is 0. The van der Waals surface area contributed by atoms with Crippen molar-refractivity contribution < 1.29 is 22.7 Å². The van der Waals surface area contributed by atoms with Gasteiger partial charge in [0.1, 0.15) is 12.4 Å². The maximum absolute atomic E-state index is 11.9. The van der Waals surface area contributed by atoms with E-state index in [2.05, 4.69) is 9.71 Å². The Morgan fingerprint density at radius 1 is 1.25 bits per heavy atom. The van der Waals surface area contributed by atoms with Crippen LogP contribution in [-0.2, 0) is 24.3 Å². The van der Waals surface area contributed by atoms with Crippen LogP contribution >= 0.6 is 0 Å². The number of hydrogen-bond donors (Lipinski definition) is 1. The quantitative estimate of drug-likeness (QED) is 0.564. The van der Waals surface area contributed by atoms with Gasteiger partial charge in [-0.15, -0.1) is 0 Å². The van der Waals surface area contributed by atoms with Gasteiger partial charge < -0.3 is 9.47 Å². The summed E-state index contributed by atoms with van der Waals surface area (Å²) < 4.78 is 36.6. The number of hydrogen-bond acceptors (Lipinski definition) is 6. The number of carbonyl (C=O) groups excluding carboxylic acids is 1. The normalized spacial score (nSPS) is 16.9. The third-order valence-corrected chi connectivity index (χ3v) is 4.67. The predicted molar refractivity (Wildman–Crippen MR) is 89.4 cm³/mol. The third kappa shape index (κ3) is 5.04. The first-order valence-corrected chi connectivity index (χ1v) is 9.32. The van der Waals surface area contributed by atoms with E-state index in [0.29, 0.717) is 31.0 Å². The van der Waals surface area contributed by atoms with Gasteiger partial charge in [0.05, 0.1) is 17.6 Å². The summed E-state index contributed by atoms with van der Waals surface area (Å²) in [6.45, 7) is 4.78. The average molecular weight is 354 g/mol. The van der Waals surface area contributed by atoms with Crippen LogP contribution in [0.2, 0.25) is 0 Å². The summed E-state index contributed by atoms with van der Waals surface area (Å²) in [6.07, 6.45) is 0.821. The van der Waals surface area contributed by atoms with Crippen molar-refractivity contribution in [2.45, 2.75) is 37.7 Å². The van der Waals surface area contributed by atoms with E-state index in [-0.39, 0.29) is 30.0 Å². The zero-order valence-corrected chi connectivity index (χ0v) is 14.6. The fraction of sp³-hybridized carbons (Fsp3) is 0.500. The van der Waals surface area contributed by atoms with Crippen molar-refractivity contribution in [2.24, 2.45) is 4.99 Å². The topological polar surface area (TPSA) is 94.1 Å². The number of aliphatic imine (C=N–C) groups is 1. The number of fused-ring (bicyclic) bond motifs is 1. The molecule has 1 N–H and O–H groups in total. The summed E-state index contributed by atoms with van der Waals surface area (Å²) in [5.41, 5.74) is 0.561. The largest absolute Gasteiger partial charge is 0.463 e. The first-order chi connectivity index (χ1) is 11.4. The molecule has 24 heavy (non-hydrogen) atoms. The van der Waals surface area contributed by atoms with Crippen molar-refractivity contribution in [2.75, 3.05) is 19.8 Å². The summed E-state index contributed by atoms with van der Waals surface area (Å²) in [5, 5.41) is 0. The molecule has 0 saturated heterocycles. The van der Waals surface area contributed by atoms with E-state index in [1.807, 2.05) is 13.8 Å². The van der Waals surface area contributed by atoms with Crippen LogP contribution in [0.15, 0.2) is 34.2 Å². The van der Waals surface area contributed by atoms with Gasteiger partial charge in [0, 0.05) is 18.5 Å². The van der Waals surface area contributed by atoms with Crippen molar-refractivity contribution in [1.29, 1.82) is 0 Å². The molecule has 8 heteroatoms. The standard InChI is InChI=1S/C16H22N2O5S/c1-12(2)22-10-11-23-15(19)8-5-9-17-16-13-6-3-4-7-14(13)24(20,21)18-16/h3-4,6-7,12H,5,8-11H2,1-2H3,(H,17,18). The monoisotopic (exact) mass is 354 g/mol. The Kier molecular flexibility index (Phi) is 6.33. The van der Waals surface area contributed by atoms with E-state index >= 15 is 0 Å². The van der Waals surface area contributed by atoms with Gasteiger partial charge in [-0.25, -0.2) is 8.42 Å². The van der Waals surface area contributed by atoms with Crippen LogP contribution in [0.1, 0.15) is 32.3 Å². The van der Waals surface area contributed by atoms with Crippen LogP contribution in [0.4, 0.5) is 0 Å². The minimum Gasteiger partial charge on any atom is -0.463 e. The molecule has 1 aromatic rings. The molecule has 0 amide bonds. The molecule has 2 rings (SSSR count). The minimum atomic E-state index is -3.52. The predicted octanol–water partition coefficient (Wildman–Crippen LogP) is 1.47. The van der Waals surface area contributed by atoms with Crippen molar-refractivity contribution >= 4 is 21.8 Å². The molecule has 0 radical (unpaired) electrons. The van der Waals surface area contributed by atoms with Crippen molar-refractivity contribution in [3.05, 3.63) is 29.8 Å². The van der Waals surface area contributed by atoms with Gasteiger partial charge in [-0.1, -0.05) is 12.1 Å². The molecule has 0 unspecified atom stereocenters. The number of nitrogens with one attached hydrogen (secondary N) is 1. The van der Waals surface area contributed by atoms with Crippen molar-refractivity contribution in [3.8, 4) is 0 Å². The number of esters is 1. The van der Waals surface area contributed by atoms with E-state index in [1.165, 1.54) is 6.07 Å². The first-order valence-electron chi connectivity index (χ1n) is 7.84. The van der Waals surface area contributed by atoms with Crippen LogP contribution in [-0.4, -0.2) is 46.1 Å². The van der Waals surface area contributed by atoms with Crippen LogP contribution in [0.3, 0.4) is 0 Å². The van der Waals surface area contributed by atoms with E-state index in [9.17, 15) is 13.2 Å². The van der Waals surface area contributed by atoms with Crippen molar-refractivity contribution in [3.63, 3.8) is 0 Å². The highest BCUT2D eigenvalue weighted by atomic mass is 32.2. The van der Waals surface area contributed by atoms with Gasteiger partial charge >= 0.3 is 5.97 Å². The molecule has 1 aliphatic rings. The van der Waals surface area contributed by atoms with E-state index < -0.39 is 10.0 Å².